The van der Waals surface area contributed by atoms with Gasteiger partial charge in [-0.2, -0.15) is 5.10 Å². The zero-order valence-corrected chi connectivity index (χ0v) is 27.9. The largest absolute Gasteiger partial charge is 0.496 e. The minimum Gasteiger partial charge on any atom is -0.496 e. The van der Waals surface area contributed by atoms with Crippen molar-refractivity contribution in [1.29, 1.82) is 0 Å². The molecule has 0 saturated carbocycles. The third kappa shape index (κ3) is 6.84. The van der Waals surface area contributed by atoms with E-state index in [-0.39, 0.29) is 12.0 Å². The second-order valence-corrected chi connectivity index (χ2v) is 13.5. The molecule has 2 fully saturated rings. The lowest BCUT2D eigenvalue weighted by Crippen LogP contribution is -2.38. The zero-order valence-electron chi connectivity index (χ0n) is 27.2. The number of halogens is 1. The summed E-state index contributed by atoms with van der Waals surface area (Å²) in [6, 6.07) is 27.2. The highest BCUT2D eigenvalue weighted by molar-refractivity contribution is 6.36. The molecule has 8 nitrogen and oxygen atoms in total. The van der Waals surface area contributed by atoms with Gasteiger partial charge in [-0.1, -0.05) is 78.3 Å². The van der Waals surface area contributed by atoms with Gasteiger partial charge in [-0.15, -0.1) is 0 Å². The SMILES string of the molecule is COc1cc(Cn2ncc3c(-c4cccc(-c5ccc(CN6CC[C@@H](O)C6)cc5)c4Cl)cccc32)ccc1CN1CCCC(C(=O)O)C1. The van der Waals surface area contributed by atoms with Gasteiger partial charge in [0.1, 0.15) is 5.75 Å². The van der Waals surface area contributed by atoms with Gasteiger partial charge in [-0.25, -0.2) is 0 Å². The van der Waals surface area contributed by atoms with Crippen molar-refractivity contribution in [2.75, 3.05) is 33.3 Å². The van der Waals surface area contributed by atoms with Crippen LogP contribution >= 0.6 is 11.6 Å². The average Bonchev–Trinajstić information content (AvgIpc) is 3.71. The monoisotopic (exact) mass is 664 g/mol. The van der Waals surface area contributed by atoms with Crippen LogP contribution in [0.25, 0.3) is 33.2 Å². The van der Waals surface area contributed by atoms with E-state index < -0.39 is 5.97 Å². The Morgan fingerprint density at radius 3 is 2.40 bits per heavy atom. The summed E-state index contributed by atoms with van der Waals surface area (Å²) in [5.41, 5.74) is 8.40. The minimum absolute atomic E-state index is 0.218. The topological polar surface area (TPSA) is 91.1 Å². The number of hydrogen-bond acceptors (Lipinski definition) is 6. The maximum Gasteiger partial charge on any atom is 0.307 e. The summed E-state index contributed by atoms with van der Waals surface area (Å²) in [6.07, 6.45) is 4.16. The Hall–Kier alpha value is -4.21. The molecule has 4 aromatic carbocycles. The number of benzene rings is 4. The molecule has 2 aliphatic rings. The van der Waals surface area contributed by atoms with Crippen LogP contribution in [0.5, 0.6) is 5.75 Å². The Morgan fingerprint density at radius 1 is 0.875 bits per heavy atom. The number of fused-ring (bicyclic) bond motifs is 1. The first kappa shape index (κ1) is 32.3. The van der Waals surface area contributed by atoms with Gasteiger partial charge in [-0.05, 0) is 60.2 Å². The quantitative estimate of drug-likeness (QED) is 0.167. The first-order valence-electron chi connectivity index (χ1n) is 16.7. The van der Waals surface area contributed by atoms with Crippen LogP contribution in [-0.2, 0) is 24.4 Å². The number of aliphatic hydroxyl groups excluding tert-OH is 1. The molecule has 2 N–H and O–H groups in total. The van der Waals surface area contributed by atoms with Crippen LogP contribution in [0.1, 0.15) is 36.0 Å². The molecule has 1 aromatic heterocycles. The van der Waals surface area contributed by atoms with Crippen LogP contribution in [-0.4, -0.2) is 75.2 Å². The van der Waals surface area contributed by atoms with Crippen LogP contribution in [0.4, 0.5) is 0 Å². The fourth-order valence-corrected chi connectivity index (χ4v) is 7.60. The molecule has 0 bridgehead atoms. The van der Waals surface area contributed by atoms with Gasteiger partial charge in [0.2, 0.25) is 0 Å². The highest BCUT2D eigenvalue weighted by Gasteiger charge is 2.26. The number of hydrogen-bond donors (Lipinski definition) is 2. The number of nitrogens with zero attached hydrogens (tertiary/aromatic N) is 4. The molecule has 248 valence electrons. The van der Waals surface area contributed by atoms with Gasteiger partial charge >= 0.3 is 5.97 Å². The maximum atomic E-state index is 11.5. The molecular weight excluding hydrogens is 624 g/mol. The van der Waals surface area contributed by atoms with Crippen molar-refractivity contribution in [2.24, 2.45) is 5.92 Å². The van der Waals surface area contributed by atoms with E-state index in [1.165, 1.54) is 5.56 Å². The molecular formula is C39H41ClN4O4. The number of rotatable bonds is 10. The fourth-order valence-electron chi connectivity index (χ4n) is 7.26. The van der Waals surface area contributed by atoms with Crippen molar-refractivity contribution in [3.05, 3.63) is 107 Å². The van der Waals surface area contributed by atoms with E-state index in [0.717, 1.165) is 95.5 Å². The number of piperidine rings is 1. The van der Waals surface area contributed by atoms with Crippen LogP contribution in [0, 0.1) is 5.92 Å². The second-order valence-electron chi connectivity index (χ2n) is 13.1. The van der Waals surface area contributed by atoms with Crippen molar-refractivity contribution in [3.63, 3.8) is 0 Å². The van der Waals surface area contributed by atoms with Crippen molar-refractivity contribution in [2.45, 2.75) is 45.0 Å². The van der Waals surface area contributed by atoms with E-state index in [4.69, 9.17) is 21.4 Å². The number of aromatic nitrogens is 2. The lowest BCUT2D eigenvalue weighted by molar-refractivity contribution is -0.143. The fraction of sp³-hybridized carbons (Fsp3) is 0.333. The van der Waals surface area contributed by atoms with Crippen molar-refractivity contribution in [3.8, 4) is 28.0 Å². The Kier molecular flexibility index (Phi) is 9.50. The zero-order chi connectivity index (χ0) is 33.2. The van der Waals surface area contributed by atoms with Crippen molar-refractivity contribution in [1.82, 2.24) is 19.6 Å². The Morgan fingerprint density at radius 2 is 1.62 bits per heavy atom. The van der Waals surface area contributed by atoms with E-state index in [1.54, 1.807) is 7.11 Å². The van der Waals surface area contributed by atoms with Crippen LogP contribution in [0.15, 0.2) is 85.1 Å². The number of carbonyl (C=O) groups is 1. The summed E-state index contributed by atoms with van der Waals surface area (Å²) >= 11 is 7.14. The lowest BCUT2D eigenvalue weighted by Gasteiger charge is -2.31. The second kappa shape index (κ2) is 14.1. The molecule has 9 heteroatoms. The summed E-state index contributed by atoms with van der Waals surface area (Å²) in [5.74, 6) is -0.228. The summed E-state index contributed by atoms with van der Waals surface area (Å²) in [5, 5.41) is 25.9. The summed E-state index contributed by atoms with van der Waals surface area (Å²) in [7, 11) is 1.68. The van der Waals surface area contributed by atoms with Gasteiger partial charge in [0, 0.05) is 54.8 Å². The van der Waals surface area contributed by atoms with Crippen molar-refractivity contribution >= 4 is 28.5 Å². The normalized spacial score (nSPS) is 18.8. The molecule has 3 heterocycles. The Balaban J connectivity index is 1.10. The van der Waals surface area contributed by atoms with E-state index in [0.29, 0.717) is 24.7 Å². The third-order valence-electron chi connectivity index (χ3n) is 9.83. The first-order chi connectivity index (χ1) is 23.4. The number of carboxylic acids is 1. The standard InChI is InChI=1S/C39H41ClN4O4/c1-48-37-19-27(12-15-29(37)23-42-17-4-5-30(24-42)39(46)47)22-44-36-9-3-7-33(35(36)20-41-44)34-8-2-6-32(38(34)40)28-13-10-26(11-14-28)21-43-18-16-31(45)25-43/h2-3,6-15,19-20,30-31,45H,4-5,16-18,21-25H2,1H3,(H,46,47)/t30?,31-/m1/s1. The summed E-state index contributed by atoms with van der Waals surface area (Å²) in [6.45, 7) is 5.18. The molecule has 0 radical (unpaired) electrons. The van der Waals surface area contributed by atoms with Gasteiger partial charge < -0.3 is 14.9 Å². The van der Waals surface area contributed by atoms with Gasteiger partial charge in [0.05, 0.1) is 42.4 Å². The Labute approximate surface area is 286 Å². The number of carboxylic acid groups (broad SMARTS) is 1. The number of aliphatic hydroxyl groups is 1. The molecule has 0 amide bonds. The highest BCUT2D eigenvalue weighted by Crippen LogP contribution is 2.39. The minimum atomic E-state index is -0.715. The maximum absolute atomic E-state index is 11.5. The predicted octanol–water partition coefficient (Wildman–Crippen LogP) is 6.94. The first-order valence-corrected chi connectivity index (χ1v) is 17.1. The van der Waals surface area contributed by atoms with E-state index in [2.05, 4.69) is 88.7 Å². The molecule has 0 spiro atoms. The molecule has 5 aromatic rings. The van der Waals surface area contributed by atoms with Gasteiger partial charge in [0.25, 0.3) is 0 Å². The van der Waals surface area contributed by atoms with E-state index in [9.17, 15) is 15.0 Å². The summed E-state index contributed by atoms with van der Waals surface area (Å²) in [4.78, 5) is 16.0. The summed E-state index contributed by atoms with van der Waals surface area (Å²) < 4.78 is 7.79. The highest BCUT2D eigenvalue weighted by atomic mass is 35.5. The molecule has 48 heavy (non-hydrogen) atoms. The third-order valence-corrected chi connectivity index (χ3v) is 10.2. The van der Waals surface area contributed by atoms with Gasteiger partial charge in [0.15, 0.2) is 0 Å². The number of likely N-dealkylation sites (tertiary alicyclic amines) is 2. The smallest absolute Gasteiger partial charge is 0.307 e. The number of aliphatic carboxylic acids is 1. The number of methoxy groups -OCH3 is 1. The number of β-amino-alcohol motifs (C(OH)–C–C–N with tert-alkyl or cyclic N) is 1. The molecule has 7 rings (SSSR count). The van der Waals surface area contributed by atoms with Crippen LogP contribution < -0.4 is 4.74 Å². The molecule has 1 unspecified atom stereocenters. The predicted molar refractivity (Wildman–Crippen MR) is 189 cm³/mol. The Bertz CT molecular complexity index is 1920. The van der Waals surface area contributed by atoms with Crippen molar-refractivity contribution < 1.29 is 19.7 Å². The number of ether oxygens (including phenoxy) is 1. The molecule has 2 aliphatic heterocycles. The molecule has 2 atom stereocenters. The van der Waals surface area contributed by atoms with E-state index in [1.807, 2.05) is 10.9 Å². The molecule has 2 saturated heterocycles. The molecule has 0 aliphatic carbocycles. The van der Waals surface area contributed by atoms with Crippen LogP contribution in [0.2, 0.25) is 5.02 Å². The van der Waals surface area contributed by atoms with E-state index >= 15 is 0 Å². The lowest BCUT2D eigenvalue weighted by atomic mass is 9.96. The average molecular weight is 665 g/mol. The van der Waals surface area contributed by atoms with Gasteiger partial charge in [-0.3, -0.25) is 19.3 Å². The van der Waals surface area contributed by atoms with Crippen LogP contribution in [0.3, 0.4) is 0 Å².